The van der Waals surface area contributed by atoms with Crippen molar-refractivity contribution in [3.63, 3.8) is 0 Å². The molecule has 0 bridgehead atoms. The molecule has 0 radical (unpaired) electrons. The topological polar surface area (TPSA) is 58.6 Å². The largest absolute Gasteiger partial charge is 0.479 e. The highest BCUT2D eigenvalue weighted by Gasteiger charge is 2.32. The lowest BCUT2D eigenvalue weighted by Crippen LogP contribution is -2.44. The molecule has 0 fully saturated rings. The Balaban J connectivity index is 1.55. The van der Waals surface area contributed by atoms with Crippen LogP contribution in [0.5, 0.6) is 5.75 Å². The number of hydrogen-bond donors (Lipinski definition) is 1. The van der Waals surface area contributed by atoms with Crippen LogP contribution in [-0.4, -0.2) is 17.9 Å². The third kappa shape index (κ3) is 4.96. The van der Waals surface area contributed by atoms with Crippen molar-refractivity contribution in [1.29, 1.82) is 0 Å². The van der Waals surface area contributed by atoms with Gasteiger partial charge in [0.2, 0.25) is 5.91 Å². The molecule has 4 rings (SSSR count). The highest BCUT2D eigenvalue weighted by atomic mass is 35.5. The Morgan fingerprint density at radius 2 is 1.84 bits per heavy atom. The number of carbonyl (C=O) groups excluding carboxylic acids is 2. The summed E-state index contributed by atoms with van der Waals surface area (Å²) in [6.45, 7) is 2.01. The quantitative estimate of drug-likeness (QED) is 0.471. The minimum absolute atomic E-state index is 0.177. The van der Waals surface area contributed by atoms with E-state index in [0.29, 0.717) is 33.7 Å². The van der Waals surface area contributed by atoms with E-state index >= 15 is 0 Å². The molecule has 7 heteroatoms. The van der Waals surface area contributed by atoms with Crippen molar-refractivity contribution in [3.05, 3.63) is 94.0 Å². The van der Waals surface area contributed by atoms with Crippen LogP contribution in [0.25, 0.3) is 6.08 Å². The number of nitrogens with zero attached hydrogens (tertiary/aromatic N) is 1. The summed E-state index contributed by atoms with van der Waals surface area (Å²) in [5.41, 5.74) is 2.80. The van der Waals surface area contributed by atoms with Gasteiger partial charge in [0, 0.05) is 21.8 Å². The van der Waals surface area contributed by atoms with Crippen LogP contribution in [0.15, 0.2) is 72.8 Å². The van der Waals surface area contributed by atoms with Gasteiger partial charge in [-0.05, 0) is 60.5 Å². The monoisotopic (exact) mass is 466 g/mol. The van der Waals surface area contributed by atoms with Crippen LogP contribution in [0.1, 0.15) is 18.1 Å². The normalized spacial score (nSPS) is 15.4. The Morgan fingerprint density at radius 1 is 1.09 bits per heavy atom. The molecule has 5 nitrogen and oxygen atoms in total. The molecule has 3 aromatic carbocycles. The maximum atomic E-state index is 12.9. The van der Waals surface area contributed by atoms with Crippen LogP contribution in [0.4, 0.5) is 11.4 Å². The zero-order valence-corrected chi connectivity index (χ0v) is 18.7. The molecule has 1 N–H and O–H groups in total. The number of benzene rings is 3. The van der Waals surface area contributed by atoms with Crippen molar-refractivity contribution in [1.82, 2.24) is 0 Å². The second-order valence-corrected chi connectivity index (χ2v) is 8.18. The molecule has 0 saturated heterocycles. The van der Waals surface area contributed by atoms with Crippen molar-refractivity contribution in [2.45, 2.75) is 19.6 Å². The van der Waals surface area contributed by atoms with Crippen LogP contribution >= 0.6 is 23.2 Å². The summed E-state index contributed by atoms with van der Waals surface area (Å²) in [6, 6.07) is 19.8. The molecule has 1 heterocycles. The van der Waals surface area contributed by atoms with E-state index in [0.717, 1.165) is 11.1 Å². The SMILES string of the molecule is CC1Oc2ccc(NC(=O)/C=C/c3ccc(Cl)cc3)cc2N(Cc2ccccc2Cl)C1=O. The predicted octanol–water partition coefficient (Wildman–Crippen LogP) is 5.96. The van der Waals surface area contributed by atoms with E-state index in [1.54, 1.807) is 54.3 Å². The van der Waals surface area contributed by atoms with E-state index in [1.807, 2.05) is 30.3 Å². The van der Waals surface area contributed by atoms with Gasteiger partial charge in [-0.25, -0.2) is 0 Å². The molecule has 3 aromatic rings. The Kier molecular flexibility index (Phi) is 6.49. The lowest BCUT2D eigenvalue weighted by atomic mass is 10.1. The van der Waals surface area contributed by atoms with Gasteiger partial charge < -0.3 is 15.0 Å². The summed E-state index contributed by atoms with van der Waals surface area (Å²) in [7, 11) is 0. The number of hydrogen-bond acceptors (Lipinski definition) is 3. The first-order valence-electron chi connectivity index (χ1n) is 10.0. The molecule has 0 spiro atoms. The van der Waals surface area contributed by atoms with Gasteiger partial charge in [-0.2, -0.15) is 0 Å². The molecular weight excluding hydrogens is 447 g/mol. The number of anilines is 2. The maximum Gasteiger partial charge on any atom is 0.268 e. The van der Waals surface area contributed by atoms with Gasteiger partial charge in [0.25, 0.3) is 5.91 Å². The molecule has 2 amide bonds. The lowest BCUT2D eigenvalue weighted by molar-refractivity contribution is -0.125. The zero-order chi connectivity index (χ0) is 22.7. The van der Waals surface area contributed by atoms with Crippen molar-refractivity contribution >= 4 is 52.5 Å². The minimum Gasteiger partial charge on any atom is -0.479 e. The highest BCUT2D eigenvalue weighted by Crippen LogP contribution is 2.37. The van der Waals surface area contributed by atoms with Crippen molar-refractivity contribution in [2.75, 3.05) is 10.2 Å². The number of ether oxygens (including phenoxy) is 1. The van der Waals surface area contributed by atoms with E-state index in [-0.39, 0.29) is 11.8 Å². The number of amides is 2. The van der Waals surface area contributed by atoms with Gasteiger partial charge >= 0.3 is 0 Å². The van der Waals surface area contributed by atoms with E-state index in [9.17, 15) is 9.59 Å². The molecule has 1 atom stereocenters. The van der Waals surface area contributed by atoms with Crippen molar-refractivity contribution in [3.8, 4) is 5.75 Å². The van der Waals surface area contributed by atoms with Gasteiger partial charge in [-0.15, -0.1) is 0 Å². The first kappa shape index (κ1) is 21.9. The molecule has 1 aliphatic heterocycles. The molecular formula is C25H20Cl2N2O3. The van der Waals surface area contributed by atoms with Gasteiger partial charge in [-0.3, -0.25) is 9.59 Å². The summed E-state index contributed by atoms with van der Waals surface area (Å²) >= 11 is 12.2. The second-order valence-electron chi connectivity index (χ2n) is 7.33. The molecule has 0 aromatic heterocycles. The average molecular weight is 467 g/mol. The molecule has 1 aliphatic rings. The van der Waals surface area contributed by atoms with Crippen LogP contribution < -0.4 is 15.0 Å². The smallest absolute Gasteiger partial charge is 0.268 e. The number of nitrogens with one attached hydrogen (secondary N) is 1. The van der Waals surface area contributed by atoms with E-state index in [2.05, 4.69) is 5.32 Å². The number of rotatable bonds is 5. The first-order chi connectivity index (χ1) is 15.4. The van der Waals surface area contributed by atoms with Gasteiger partial charge in [0.15, 0.2) is 6.10 Å². The third-order valence-corrected chi connectivity index (χ3v) is 5.64. The first-order valence-corrected chi connectivity index (χ1v) is 10.8. The second kappa shape index (κ2) is 9.47. The highest BCUT2D eigenvalue weighted by molar-refractivity contribution is 6.31. The number of halogens is 2. The summed E-state index contributed by atoms with van der Waals surface area (Å²) in [4.78, 5) is 26.9. The van der Waals surface area contributed by atoms with Gasteiger partial charge in [-0.1, -0.05) is 53.5 Å². The average Bonchev–Trinajstić information content (AvgIpc) is 2.78. The number of carbonyl (C=O) groups is 2. The van der Waals surface area contributed by atoms with Crippen LogP contribution in [0.2, 0.25) is 10.0 Å². The maximum absolute atomic E-state index is 12.9. The van der Waals surface area contributed by atoms with Crippen LogP contribution in [0, 0.1) is 0 Å². The standard InChI is InChI=1S/C25H20Cl2N2O3/c1-16-25(31)29(15-18-4-2-3-5-21(18)27)22-14-20(11-12-23(22)32-16)28-24(30)13-8-17-6-9-19(26)10-7-17/h2-14,16H,15H2,1H3,(H,28,30)/b13-8+. The molecule has 1 unspecified atom stereocenters. The summed E-state index contributed by atoms with van der Waals surface area (Å²) in [5, 5.41) is 4.04. The molecule has 0 saturated carbocycles. The fourth-order valence-corrected chi connectivity index (χ4v) is 3.70. The lowest BCUT2D eigenvalue weighted by Gasteiger charge is -2.33. The Bertz CT molecular complexity index is 1190. The van der Waals surface area contributed by atoms with E-state index < -0.39 is 6.10 Å². The van der Waals surface area contributed by atoms with E-state index in [1.165, 1.54) is 6.08 Å². The Morgan fingerprint density at radius 3 is 2.59 bits per heavy atom. The molecule has 32 heavy (non-hydrogen) atoms. The predicted molar refractivity (Wildman–Crippen MR) is 128 cm³/mol. The zero-order valence-electron chi connectivity index (χ0n) is 17.2. The Labute approximate surface area is 196 Å². The van der Waals surface area contributed by atoms with Crippen molar-refractivity contribution < 1.29 is 14.3 Å². The third-order valence-electron chi connectivity index (χ3n) is 5.02. The molecule has 0 aliphatic carbocycles. The van der Waals surface area contributed by atoms with Gasteiger partial charge in [0.1, 0.15) is 5.75 Å². The Hall–Kier alpha value is -3.28. The summed E-state index contributed by atoms with van der Waals surface area (Å²) in [6.07, 6.45) is 2.52. The fourth-order valence-electron chi connectivity index (χ4n) is 3.37. The fraction of sp³-hybridized carbons (Fsp3) is 0.120. The summed E-state index contributed by atoms with van der Waals surface area (Å²) < 4.78 is 5.76. The minimum atomic E-state index is -0.618. The van der Waals surface area contributed by atoms with E-state index in [4.69, 9.17) is 27.9 Å². The summed E-state index contributed by atoms with van der Waals surface area (Å²) in [5.74, 6) is 0.0939. The van der Waals surface area contributed by atoms with Gasteiger partial charge in [0.05, 0.1) is 12.2 Å². The van der Waals surface area contributed by atoms with Crippen LogP contribution in [0.3, 0.4) is 0 Å². The molecule has 162 valence electrons. The van der Waals surface area contributed by atoms with Crippen molar-refractivity contribution in [2.24, 2.45) is 0 Å². The number of fused-ring (bicyclic) bond motifs is 1. The van der Waals surface area contributed by atoms with Crippen LogP contribution in [-0.2, 0) is 16.1 Å².